The van der Waals surface area contributed by atoms with Gasteiger partial charge in [0.25, 0.3) is 0 Å². The molecule has 0 radical (unpaired) electrons. The van der Waals surface area contributed by atoms with Gasteiger partial charge in [0.2, 0.25) is 0 Å². The second-order valence-corrected chi connectivity index (χ2v) is 3.91. The van der Waals surface area contributed by atoms with Crippen molar-refractivity contribution in [2.75, 3.05) is 6.54 Å². The van der Waals surface area contributed by atoms with Crippen LogP contribution in [0.5, 0.6) is 0 Å². The Bertz CT molecular complexity index is 231. The second-order valence-electron chi connectivity index (χ2n) is 3.91. The summed E-state index contributed by atoms with van der Waals surface area (Å²) in [5.41, 5.74) is 1.42. The van der Waals surface area contributed by atoms with Gasteiger partial charge in [0.15, 0.2) is 0 Å². The summed E-state index contributed by atoms with van der Waals surface area (Å²) in [5.74, 6) is 0. The van der Waals surface area contributed by atoms with Crippen LogP contribution in [0.3, 0.4) is 0 Å². The summed E-state index contributed by atoms with van der Waals surface area (Å²) in [6.07, 6.45) is 9.79. The molecule has 1 rings (SSSR count). The fourth-order valence-corrected chi connectivity index (χ4v) is 1.23. The lowest BCUT2D eigenvalue weighted by molar-refractivity contribution is 0.445. The molecule has 0 aliphatic heterocycles. The lowest BCUT2D eigenvalue weighted by atomic mass is 9.84. The van der Waals surface area contributed by atoms with Crippen molar-refractivity contribution in [1.29, 1.82) is 0 Å². The minimum Gasteiger partial charge on any atom is -0.294 e. The van der Waals surface area contributed by atoms with E-state index in [1.54, 1.807) is 0 Å². The van der Waals surface area contributed by atoms with Gasteiger partial charge >= 0.3 is 0 Å². The van der Waals surface area contributed by atoms with Gasteiger partial charge < -0.3 is 0 Å². The maximum absolute atomic E-state index is 4.45. The smallest absolute Gasteiger partial charge is 0.0479 e. The molecule has 0 bridgehead atoms. The van der Waals surface area contributed by atoms with E-state index >= 15 is 0 Å². The number of hydrogen-bond acceptors (Lipinski definition) is 1. The highest BCUT2D eigenvalue weighted by atomic mass is 14.7. The molecule has 0 saturated carbocycles. The fraction of sp³-hybridized carbons (Fsp3) is 0.545. The Morgan fingerprint density at radius 2 is 2.17 bits per heavy atom. The summed E-state index contributed by atoms with van der Waals surface area (Å²) in [6, 6.07) is 0. The normalized spacial score (nSPS) is 27.2. The van der Waals surface area contributed by atoms with Gasteiger partial charge in [-0.25, -0.2) is 0 Å². The summed E-state index contributed by atoms with van der Waals surface area (Å²) in [7, 11) is 0. The Morgan fingerprint density at radius 3 is 2.67 bits per heavy atom. The zero-order chi connectivity index (χ0) is 9.03. The van der Waals surface area contributed by atoms with E-state index < -0.39 is 0 Å². The number of aliphatic imine (C=N–C) groups is 1. The predicted octanol–water partition coefficient (Wildman–Crippen LogP) is 2.99. The molecule has 0 aromatic carbocycles. The van der Waals surface area contributed by atoms with Crippen LogP contribution >= 0.6 is 0 Å². The first kappa shape index (κ1) is 9.24. The van der Waals surface area contributed by atoms with Crippen LogP contribution in [0.25, 0.3) is 0 Å². The van der Waals surface area contributed by atoms with E-state index in [0.717, 1.165) is 13.0 Å². The standard InChI is InChI=1S/C11H17N/c1-10(2)12-9-11(3)7-5-4-6-8-11/h4-7H,8-9H2,1-3H3. The molecule has 1 aliphatic carbocycles. The number of nitrogens with zero attached hydrogens (tertiary/aromatic N) is 1. The highest BCUT2D eigenvalue weighted by Crippen LogP contribution is 2.27. The molecule has 1 atom stereocenters. The van der Waals surface area contributed by atoms with Crippen LogP contribution in [-0.2, 0) is 0 Å². The molecule has 0 aromatic heterocycles. The molecular formula is C11H17N. The fourth-order valence-electron chi connectivity index (χ4n) is 1.23. The molecule has 0 fully saturated rings. The molecule has 0 saturated heterocycles. The van der Waals surface area contributed by atoms with Gasteiger partial charge in [0.1, 0.15) is 0 Å². The predicted molar refractivity (Wildman–Crippen MR) is 54.7 cm³/mol. The molecular weight excluding hydrogens is 146 g/mol. The molecule has 0 N–H and O–H groups in total. The summed E-state index contributed by atoms with van der Waals surface area (Å²) in [4.78, 5) is 4.45. The monoisotopic (exact) mass is 163 g/mol. The topological polar surface area (TPSA) is 12.4 Å². The van der Waals surface area contributed by atoms with E-state index in [2.05, 4.69) is 36.2 Å². The highest BCUT2D eigenvalue weighted by Gasteiger charge is 2.19. The summed E-state index contributed by atoms with van der Waals surface area (Å²) in [6.45, 7) is 7.26. The van der Waals surface area contributed by atoms with Gasteiger partial charge in [-0.1, -0.05) is 31.2 Å². The molecule has 0 amide bonds. The first-order valence-electron chi connectivity index (χ1n) is 4.44. The van der Waals surface area contributed by atoms with Gasteiger partial charge in [-0.15, -0.1) is 0 Å². The highest BCUT2D eigenvalue weighted by molar-refractivity contribution is 5.79. The van der Waals surface area contributed by atoms with E-state index in [9.17, 15) is 0 Å². The lowest BCUT2D eigenvalue weighted by Gasteiger charge is -2.24. The van der Waals surface area contributed by atoms with Gasteiger partial charge in [0, 0.05) is 17.7 Å². The van der Waals surface area contributed by atoms with Crippen molar-refractivity contribution >= 4 is 5.71 Å². The van der Waals surface area contributed by atoms with Crippen LogP contribution < -0.4 is 0 Å². The van der Waals surface area contributed by atoms with Crippen molar-refractivity contribution in [1.82, 2.24) is 0 Å². The molecule has 0 heterocycles. The Kier molecular flexibility index (Phi) is 2.85. The molecule has 1 nitrogen and oxygen atoms in total. The molecule has 1 heteroatoms. The minimum absolute atomic E-state index is 0.256. The van der Waals surface area contributed by atoms with Gasteiger partial charge in [-0.05, 0) is 20.3 Å². The first-order chi connectivity index (χ1) is 5.62. The third kappa shape index (κ3) is 2.65. The second kappa shape index (κ2) is 3.70. The van der Waals surface area contributed by atoms with Crippen LogP contribution in [0.4, 0.5) is 0 Å². The molecule has 0 aromatic rings. The van der Waals surface area contributed by atoms with Crippen molar-refractivity contribution in [2.24, 2.45) is 10.4 Å². The Labute approximate surface area is 74.9 Å². The van der Waals surface area contributed by atoms with E-state index in [0.29, 0.717) is 0 Å². The summed E-state index contributed by atoms with van der Waals surface area (Å²) < 4.78 is 0. The zero-order valence-corrected chi connectivity index (χ0v) is 8.17. The molecule has 66 valence electrons. The Balaban J connectivity index is 2.56. The molecule has 1 unspecified atom stereocenters. The zero-order valence-electron chi connectivity index (χ0n) is 8.17. The van der Waals surface area contributed by atoms with Crippen LogP contribution in [0.1, 0.15) is 27.2 Å². The van der Waals surface area contributed by atoms with Crippen molar-refractivity contribution in [3.63, 3.8) is 0 Å². The third-order valence-electron chi connectivity index (χ3n) is 2.09. The quantitative estimate of drug-likeness (QED) is 0.555. The van der Waals surface area contributed by atoms with E-state index in [1.165, 1.54) is 5.71 Å². The van der Waals surface area contributed by atoms with Crippen LogP contribution in [0, 0.1) is 5.41 Å². The van der Waals surface area contributed by atoms with Crippen molar-refractivity contribution in [2.45, 2.75) is 27.2 Å². The Hall–Kier alpha value is -0.850. The first-order valence-corrected chi connectivity index (χ1v) is 4.44. The summed E-state index contributed by atoms with van der Waals surface area (Å²) >= 11 is 0. The van der Waals surface area contributed by atoms with Crippen molar-refractivity contribution in [3.05, 3.63) is 24.3 Å². The van der Waals surface area contributed by atoms with Crippen LogP contribution in [0.15, 0.2) is 29.3 Å². The van der Waals surface area contributed by atoms with Crippen molar-refractivity contribution < 1.29 is 0 Å². The van der Waals surface area contributed by atoms with Gasteiger partial charge in [-0.2, -0.15) is 0 Å². The molecule has 1 aliphatic rings. The molecule has 12 heavy (non-hydrogen) atoms. The third-order valence-corrected chi connectivity index (χ3v) is 2.09. The van der Waals surface area contributed by atoms with E-state index in [-0.39, 0.29) is 5.41 Å². The SMILES string of the molecule is CC(C)=NCC1(C)C=CC=CC1. The number of allylic oxidation sites excluding steroid dienone is 3. The largest absolute Gasteiger partial charge is 0.294 e. The van der Waals surface area contributed by atoms with E-state index in [1.807, 2.05) is 13.8 Å². The number of rotatable bonds is 2. The lowest BCUT2D eigenvalue weighted by Crippen LogP contribution is -2.18. The maximum atomic E-state index is 4.45. The number of hydrogen-bond donors (Lipinski definition) is 0. The molecule has 0 spiro atoms. The van der Waals surface area contributed by atoms with Crippen molar-refractivity contribution in [3.8, 4) is 0 Å². The Morgan fingerprint density at radius 1 is 1.42 bits per heavy atom. The van der Waals surface area contributed by atoms with Crippen LogP contribution in [-0.4, -0.2) is 12.3 Å². The average Bonchev–Trinajstić information content (AvgIpc) is 2.03. The minimum atomic E-state index is 0.256. The average molecular weight is 163 g/mol. The van der Waals surface area contributed by atoms with Crippen LogP contribution in [0.2, 0.25) is 0 Å². The van der Waals surface area contributed by atoms with Gasteiger partial charge in [0.05, 0.1) is 0 Å². The summed E-state index contributed by atoms with van der Waals surface area (Å²) in [5, 5.41) is 0. The van der Waals surface area contributed by atoms with Gasteiger partial charge in [-0.3, -0.25) is 4.99 Å². The van der Waals surface area contributed by atoms with E-state index in [4.69, 9.17) is 0 Å². The maximum Gasteiger partial charge on any atom is 0.0479 e.